The minimum Gasteiger partial charge on any atom is -0.480 e. The topological polar surface area (TPSA) is 92.4 Å². The number of carboxylic acids is 1. The highest BCUT2D eigenvalue weighted by atomic mass is 35.5. The molecule has 0 fully saturated rings. The number of nitrogens with two attached hydrogens (primary N) is 1. The lowest BCUT2D eigenvalue weighted by molar-refractivity contribution is -0.142. The molecule has 6 heteroatoms. The highest BCUT2D eigenvalue weighted by molar-refractivity contribution is 5.85. The molecule has 172 valence electrons. The summed E-state index contributed by atoms with van der Waals surface area (Å²) in [5.41, 5.74) is 5.40. The van der Waals surface area contributed by atoms with Gasteiger partial charge in [-0.05, 0) is 51.5 Å². The molecule has 1 amide bonds. The molecule has 0 bridgehead atoms. The number of carboxylic acid groups (broad SMARTS) is 1. The fraction of sp³-hybridized carbons (Fsp3) is 0.826. The molecular weight excluding hydrogens is 388 g/mol. The van der Waals surface area contributed by atoms with Gasteiger partial charge in [0.15, 0.2) is 0 Å². The second kappa shape index (κ2) is 23.2. The third-order valence-corrected chi connectivity index (χ3v) is 5.00. The van der Waals surface area contributed by atoms with Crippen molar-refractivity contribution in [1.82, 2.24) is 5.32 Å². The van der Waals surface area contributed by atoms with Crippen LogP contribution in [-0.2, 0) is 9.59 Å². The summed E-state index contributed by atoms with van der Waals surface area (Å²) >= 11 is 0. The van der Waals surface area contributed by atoms with Gasteiger partial charge in [0.25, 0.3) is 0 Å². The minimum absolute atomic E-state index is 0. The van der Waals surface area contributed by atoms with E-state index in [1.807, 2.05) is 0 Å². The average molecular weight is 433 g/mol. The Kier molecular flexibility index (Phi) is 24.1. The quantitative estimate of drug-likeness (QED) is 0.168. The molecule has 4 N–H and O–H groups in total. The molecule has 0 unspecified atom stereocenters. The summed E-state index contributed by atoms with van der Waals surface area (Å²) in [6.45, 7) is 2.69. The van der Waals surface area contributed by atoms with Gasteiger partial charge in [0, 0.05) is 6.42 Å². The van der Waals surface area contributed by atoms with Crippen molar-refractivity contribution in [1.29, 1.82) is 0 Å². The number of aliphatic carboxylic acids is 1. The van der Waals surface area contributed by atoms with Gasteiger partial charge in [0.1, 0.15) is 6.04 Å². The minimum atomic E-state index is -0.980. The predicted molar refractivity (Wildman–Crippen MR) is 125 cm³/mol. The summed E-state index contributed by atoms with van der Waals surface area (Å²) in [6, 6.07) is -0.806. The van der Waals surface area contributed by atoms with Crippen LogP contribution in [0.25, 0.3) is 0 Å². The molecule has 29 heavy (non-hydrogen) atoms. The number of carbonyl (C=O) groups is 2. The lowest BCUT2D eigenvalue weighted by Crippen LogP contribution is -2.40. The molecule has 0 aromatic carbocycles. The van der Waals surface area contributed by atoms with Crippen molar-refractivity contribution in [2.45, 2.75) is 116 Å². The van der Waals surface area contributed by atoms with Gasteiger partial charge in [-0.3, -0.25) is 4.79 Å². The number of unbranched alkanes of at least 4 members (excludes halogenated alkanes) is 11. The van der Waals surface area contributed by atoms with Gasteiger partial charge in [0.2, 0.25) is 5.91 Å². The van der Waals surface area contributed by atoms with Crippen molar-refractivity contribution in [3.8, 4) is 0 Å². The van der Waals surface area contributed by atoms with Crippen molar-refractivity contribution >= 4 is 24.3 Å². The second-order valence-corrected chi connectivity index (χ2v) is 7.72. The molecule has 0 aromatic rings. The van der Waals surface area contributed by atoms with Gasteiger partial charge >= 0.3 is 5.97 Å². The van der Waals surface area contributed by atoms with Crippen LogP contribution in [0.2, 0.25) is 0 Å². The van der Waals surface area contributed by atoms with E-state index in [-0.39, 0.29) is 18.3 Å². The fourth-order valence-electron chi connectivity index (χ4n) is 3.20. The molecule has 0 radical (unpaired) electrons. The van der Waals surface area contributed by atoms with Crippen molar-refractivity contribution in [2.24, 2.45) is 5.73 Å². The zero-order valence-corrected chi connectivity index (χ0v) is 19.3. The Morgan fingerprint density at radius 3 is 1.90 bits per heavy atom. The Morgan fingerprint density at radius 2 is 1.38 bits per heavy atom. The first-order valence-corrected chi connectivity index (χ1v) is 11.5. The number of carbonyl (C=O) groups excluding carboxylic acids is 1. The fourth-order valence-corrected chi connectivity index (χ4v) is 3.20. The van der Waals surface area contributed by atoms with Crippen molar-refractivity contribution < 1.29 is 14.7 Å². The Bertz CT molecular complexity index is 417. The molecular formula is C23H45ClN2O3. The first kappa shape index (κ1) is 30.1. The van der Waals surface area contributed by atoms with Crippen LogP contribution in [0, 0.1) is 0 Å². The molecule has 0 aliphatic rings. The maximum absolute atomic E-state index is 11.8. The molecule has 0 saturated carbocycles. The number of amides is 1. The zero-order chi connectivity index (χ0) is 20.9. The molecule has 0 aliphatic carbocycles. The van der Waals surface area contributed by atoms with Gasteiger partial charge in [-0.25, -0.2) is 4.79 Å². The van der Waals surface area contributed by atoms with Crippen molar-refractivity contribution in [3.63, 3.8) is 0 Å². The summed E-state index contributed by atoms with van der Waals surface area (Å²) in [4.78, 5) is 22.9. The van der Waals surface area contributed by atoms with Crippen LogP contribution in [0.15, 0.2) is 12.2 Å². The first-order chi connectivity index (χ1) is 13.6. The number of allylic oxidation sites excluding steroid dienone is 2. The zero-order valence-electron chi connectivity index (χ0n) is 18.5. The maximum atomic E-state index is 11.8. The Morgan fingerprint density at radius 1 is 0.862 bits per heavy atom. The number of hydrogen-bond acceptors (Lipinski definition) is 3. The smallest absolute Gasteiger partial charge is 0.326 e. The highest BCUT2D eigenvalue weighted by Crippen LogP contribution is 2.10. The summed E-state index contributed by atoms with van der Waals surface area (Å²) in [5, 5.41) is 11.7. The van der Waals surface area contributed by atoms with E-state index < -0.39 is 12.0 Å². The van der Waals surface area contributed by atoms with Gasteiger partial charge in [-0.2, -0.15) is 0 Å². The number of rotatable bonds is 20. The summed E-state index contributed by atoms with van der Waals surface area (Å²) in [7, 11) is 0. The van der Waals surface area contributed by atoms with Gasteiger partial charge < -0.3 is 16.2 Å². The molecule has 0 spiro atoms. The standard InChI is InChI=1S/C23H44N2O3.ClH/c1-2-3-4-5-6-7-8-9-10-11-12-13-14-15-16-19-22(26)25-21(23(27)28)18-17-20-24;/h9-10,21H,2-8,11-20,24H2,1H3,(H,25,26)(H,27,28);1H/b10-9-;/t21-;/m0./s1. The number of hydrogen-bond donors (Lipinski definition) is 3. The highest BCUT2D eigenvalue weighted by Gasteiger charge is 2.18. The molecule has 0 aromatic heterocycles. The van der Waals surface area contributed by atoms with Crippen LogP contribution in [-0.4, -0.2) is 29.6 Å². The summed E-state index contributed by atoms with van der Waals surface area (Å²) < 4.78 is 0. The molecule has 1 atom stereocenters. The number of nitrogens with one attached hydrogen (secondary N) is 1. The van der Waals surface area contributed by atoms with Gasteiger partial charge in [-0.15, -0.1) is 12.4 Å². The van der Waals surface area contributed by atoms with E-state index in [0.717, 1.165) is 25.7 Å². The normalized spacial score (nSPS) is 11.9. The van der Waals surface area contributed by atoms with E-state index in [9.17, 15) is 9.59 Å². The van der Waals surface area contributed by atoms with Crippen LogP contribution in [0.4, 0.5) is 0 Å². The molecule has 0 saturated heterocycles. The Labute approximate surface area is 184 Å². The average Bonchev–Trinajstić information content (AvgIpc) is 2.67. The van der Waals surface area contributed by atoms with Crippen molar-refractivity contribution in [3.05, 3.63) is 12.2 Å². The van der Waals surface area contributed by atoms with Crippen LogP contribution in [0.5, 0.6) is 0 Å². The van der Waals surface area contributed by atoms with Crippen LogP contribution in [0.1, 0.15) is 110 Å². The predicted octanol–water partition coefficient (Wildman–Crippen LogP) is 5.75. The van der Waals surface area contributed by atoms with E-state index >= 15 is 0 Å². The number of halogens is 1. The van der Waals surface area contributed by atoms with Crippen LogP contribution < -0.4 is 11.1 Å². The summed E-state index contributed by atoms with van der Waals surface area (Å²) in [6.07, 6.45) is 21.9. The Hall–Kier alpha value is -1.07. The first-order valence-electron chi connectivity index (χ1n) is 11.5. The van der Waals surface area contributed by atoms with Crippen molar-refractivity contribution in [2.75, 3.05) is 6.54 Å². The molecule has 0 rings (SSSR count). The maximum Gasteiger partial charge on any atom is 0.326 e. The summed E-state index contributed by atoms with van der Waals surface area (Å²) in [5.74, 6) is -1.15. The van der Waals surface area contributed by atoms with E-state index in [0.29, 0.717) is 25.8 Å². The lowest BCUT2D eigenvalue weighted by Gasteiger charge is -2.13. The SMILES string of the molecule is CCCCCCCC/C=C\CCCCCCCC(=O)N[C@@H](CCCN)C(=O)O.Cl. The van der Waals surface area contributed by atoms with Gasteiger partial charge in [-0.1, -0.05) is 70.4 Å². The van der Waals surface area contributed by atoms with E-state index in [1.54, 1.807) is 0 Å². The van der Waals surface area contributed by atoms with Gasteiger partial charge in [0.05, 0.1) is 0 Å². The van der Waals surface area contributed by atoms with Crippen LogP contribution in [0.3, 0.4) is 0 Å². The molecule has 0 aliphatic heterocycles. The third-order valence-electron chi connectivity index (χ3n) is 5.00. The van der Waals surface area contributed by atoms with Crippen LogP contribution >= 0.6 is 12.4 Å². The lowest BCUT2D eigenvalue weighted by atomic mass is 10.1. The van der Waals surface area contributed by atoms with E-state index in [2.05, 4.69) is 24.4 Å². The second-order valence-electron chi connectivity index (χ2n) is 7.72. The largest absolute Gasteiger partial charge is 0.480 e. The van der Waals surface area contributed by atoms with E-state index in [1.165, 1.54) is 57.8 Å². The van der Waals surface area contributed by atoms with E-state index in [4.69, 9.17) is 10.8 Å². The third kappa shape index (κ3) is 21.5. The monoisotopic (exact) mass is 432 g/mol. The molecule has 0 heterocycles. The Balaban J connectivity index is 0. The molecule has 5 nitrogen and oxygen atoms in total.